The normalized spacial score (nSPS) is 12.5. The van der Waals surface area contributed by atoms with Crippen LogP contribution >= 0.6 is 0 Å². The number of nitrogens with zero attached hydrogens (tertiary/aromatic N) is 1. The molecule has 1 unspecified atom stereocenters. The molecule has 0 heterocycles. The van der Waals surface area contributed by atoms with Crippen molar-refractivity contribution >= 4 is 5.91 Å². The van der Waals surface area contributed by atoms with Gasteiger partial charge in [-0.1, -0.05) is 53.4 Å². The number of hydrogen-bond acceptors (Lipinski definition) is 1. The highest BCUT2D eigenvalue weighted by atomic mass is 16.2. The molecule has 0 spiro atoms. The molecule has 1 atom stereocenters. The molecule has 0 aromatic heterocycles. The van der Waals surface area contributed by atoms with Gasteiger partial charge in [0.25, 0.3) is 0 Å². The minimum atomic E-state index is 0.213. The molecule has 0 rings (SSSR count). The number of rotatable bonds is 10. The highest BCUT2D eigenvalue weighted by molar-refractivity contribution is 5.78. The van der Waals surface area contributed by atoms with E-state index in [1.165, 1.54) is 25.7 Å². The standard InChI is InChI=1S/C15H31NO/c1-5-8-9-10-11-14(4)15(17)16(12-6-2)13-7-3/h14H,5-13H2,1-4H3. The molecule has 0 aromatic carbocycles. The molecule has 2 nitrogen and oxygen atoms in total. The molecule has 0 aliphatic carbocycles. The Balaban J connectivity index is 3.97. The molecule has 0 saturated heterocycles. The highest BCUT2D eigenvalue weighted by Gasteiger charge is 2.18. The number of unbranched alkanes of at least 4 members (excludes halogenated alkanes) is 3. The number of carbonyl (C=O) groups excluding carboxylic acids is 1. The van der Waals surface area contributed by atoms with Gasteiger partial charge in [-0.3, -0.25) is 4.79 Å². The molecule has 102 valence electrons. The van der Waals surface area contributed by atoms with Crippen LogP contribution < -0.4 is 0 Å². The second-order valence-corrected chi connectivity index (χ2v) is 5.08. The lowest BCUT2D eigenvalue weighted by Gasteiger charge is -2.25. The van der Waals surface area contributed by atoms with E-state index in [1.54, 1.807) is 0 Å². The maximum atomic E-state index is 12.2. The zero-order chi connectivity index (χ0) is 13.1. The van der Waals surface area contributed by atoms with Gasteiger partial charge in [-0.25, -0.2) is 0 Å². The molecule has 2 heteroatoms. The van der Waals surface area contributed by atoms with Gasteiger partial charge in [-0.2, -0.15) is 0 Å². The van der Waals surface area contributed by atoms with E-state index in [1.807, 2.05) is 4.90 Å². The molecule has 0 saturated carbocycles. The van der Waals surface area contributed by atoms with Crippen LogP contribution in [0.2, 0.25) is 0 Å². The number of carbonyl (C=O) groups is 1. The summed E-state index contributed by atoms with van der Waals surface area (Å²) in [5.74, 6) is 0.579. The predicted molar refractivity (Wildman–Crippen MR) is 75.1 cm³/mol. The second kappa shape index (κ2) is 10.6. The lowest BCUT2D eigenvalue weighted by molar-refractivity contribution is -0.135. The molecule has 0 N–H and O–H groups in total. The topological polar surface area (TPSA) is 20.3 Å². The Morgan fingerprint density at radius 1 is 0.941 bits per heavy atom. The van der Waals surface area contributed by atoms with E-state index in [0.717, 1.165) is 32.4 Å². The maximum Gasteiger partial charge on any atom is 0.225 e. The van der Waals surface area contributed by atoms with Gasteiger partial charge in [-0.15, -0.1) is 0 Å². The number of hydrogen-bond donors (Lipinski definition) is 0. The quantitative estimate of drug-likeness (QED) is 0.524. The van der Waals surface area contributed by atoms with Crippen LogP contribution in [0.4, 0.5) is 0 Å². The molecule has 17 heavy (non-hydrogen) atoms. The minimum Gasteiger partial charge on any atom is -0.342 e. The van der Waals surface area contributed by atoms with E-state index in [2.05, 4.69) is 27.7 Å². The summed E-state index contributed by atoms with van der Waals surface area (Å²) in [7, 11) is 0. The Morgan fingerprint density at radius 3 is 2.00 bits per heavy atom. The van der Waals surface area contributed by atoms with Gasteiger partial charge in [0, 0.05) is 19.0 Å². The van der Waals surface area contributed by atoms with E-state index in [9.17, 15) is 4.79 Å². The first-order valence-electron chi connectivity index (χ1n) is 7.46. The molecule has 0 aliphatic rings. The lowest BCUT2D eigenvalue weighted by atomic mass is 10.0. The maximum absolute atomic E-state index is 12.2. The van der Waals surface area contributed by atoms with Crippen molar-refractivity contribution in [2.75, 3.05) is 13.1 Å². The first-order valence-corrected chi connectivity index (χ1v) is 7.46. The van der Waals surface area contributed by atoms with Crippen molar-refractivity contribution in [1.29, 1.82) is 0 Å². The van der Waals surface area contributed by atoms with Crippen LogP contribution in [0.1, 0.15) is 72.6 Å². The Labute approximate surface area is 108 Å². The highest BCUT2D eigenvalue weighted by Crippen LogP contribution is 2.14. The van der Waals surface area contributed by atoms with Crippen LogP contribution in [-0.2, 0) is 4.79 Å². The van der Waals surface area contributed by atoms with E-state index in [0.29, 0.717) is 5.91 Å². The summed E-state index contributed by atoms with van der Waals surface area (Å²) in [5, 5.41) is 0. The van der Waals surface area contributed by atoms with Gasteiger partial charge < -0.3 is 4.90 Å². The Bertz CT molecular complexity index is 185. The third kappa shape index (κ3) is 7.40. The van der Waals surface area contributed by atoms with E-state index >= 15 is 0 Å². The van der Waals surface area contributed by atoms with Gasteiger partial charge >= 0.3 is 0 Å². The van der Waals surface area contributed by atoms with Crippen molar-refractivity contribution in [1.82, 2.24) is 4.90 Å². The first kappa shape index (κ1) is 16.5. The minimum absolute atomic E-state index is 0.213. The fraction of sp³-hybridized carbons (Fsp3) is 0.933. The van der Waals surface area contributed by atoms with Crippen LogP contribution in [0.5, 0.6) is 0 Å². The predicted octanol–water partition coefficient (Wildman–Crippen LogP) is 4.24. The van der Waals surface area contributed by atoms with Crippen LogP contribution in [0.3, 0.4) is 0 Å². The van der Waals surface area contributed by atoms with Crippen molar-refractivity contribution in [3.05, 3.63) is 0 Å². The van der Waals surface area contributed by atoms with Crippen LogP contribution in [0.25, 0.3) is 0 Å². The monoisotopic (exact) mass is 241 g/mol. The first-order chi connectivity index (χ1) is 8.17. The van der Waals surface area contributed by atoms with Gasteiger partial charge in [-0.05, 0) is 19.3 Å². The lowest BCUT2D eigenvalue weighted by Crippen LogP contribution is -2.36. The smallest absolute Gasteiger partial charge is 0.225 e. The van der Waals surface area contributed by atoms with Crippen molar-refractivity contribution in [2.24, 2.45) is 5.92 Å². The molecule has 1 amide bonds. The van der Waals surface area contributed by atoms with E-state index < -0.39 is 0 Å². The van der Waals surface area contributed by atoms with Crippen LogP contribution in [0, 0.1) is 5.92 Å². The number of amides is 1. The van der Waals surface area contributed by atoms with Crippen LogP contribution in [-0.4, -0.2) is 23.9 Å². The van der Waals surface area contributed by atoms with Gasteiger partial charge in [0.2, 0.25) is 5.91 Å². The fourth-order valence-electron chi connectivity index (χ4n) is 2.18. The van der Waals surface area contributed by atoms with Crippen LogP contribution in [0.15, 0.2) is 0 Å². The average Bonchev–Trinajstić information content (AvgIpc) is 2.33. The summed E-state index contributed by atoms with van der Waals surface area (Å²) in [6.07, 6.45) is 8.22. The van der Waals surface area contributed by atoms with E-state index in [4.69, 9.17) is 0 Å². The molecular weight excluding hydrogens is 210 g/mol. The average molecular weight is 241 g/mol. The third-order valence-corrected chi connectivity index (χ3v) is 3.21. The zero-order valence-electron chi connectivity index (χ0n) is 12.3. The summed E-state index contributed by atoms with van der Waals surface area (Å²) in [5.41, 5.74) is 0. The third-order valence-electron chi connectivity index (χ3n) is 3.21. The van der Waals surface area contributed by atoms with Gasteiger partial charge in [0.15, 0.2) is 0 Å². The Hall–Kier alpha value is -0.530. The largest absolute Gasteiger partial charge is 0.342 e. The molecule has 0 aliphatic heterocycles. The summed E-state index contributed by atoms with van der Waals surface area (Å²) >= 11 is 0. The molecule has 0 bridgehead atoms. The van der Waals surface area contributed by atoms with Crippen molar-refractivity contribution in [3.63, 3.8) is 0 Å². The van der Waals surface area contributed by atoms with Crippen molar-refractivity contribution in [2.45, 2.75) is 72.6 Å². The Morgan fingerprint density at radius 2 is 1.53 bits per heavy atom. The zero-order valence-corrected chi connectivity index (χ0v) is 12.3. The fourth-order valence-corrected chi connectivity index (χ4v) is 2.18. The van der Waals surface area contributed by atoms with Crippen molar-refractivity contribution in [3.8, 4) is 0 Å². The molecular formula is C15H31NO. The summed E-state index contributed by atoms with van der Waals surface area (Å²) < 4.78 is 0. The summed E-state index contributed by atoms with van der Waals surface area (Å²) in [6.45, 7) is 10.4. The Kier molecular flexibility index (Phi) is 10.3. The van der Waals surface area contributed by atoms with Gasteiger partial charge in [0.1, 0.15) is 0 Å². The second-order valence-electron chi connectivity index (χ2n) is 5.08. The molecule has 0 fully saturated rings. The summed E-state index contributed by atoms with van der Waals surface area (Å²) in [4.78, 5) is 14.3. The molecule has 0 aromatic rings. The van der Waals surface area contributed by atoms with Gasteiger partial charge in [0.05, 0.1) is 0 Å². The summed E-state index contributed by atoms with van der Waals surface area (Å²) in [6, 6.07) is 0. The molecule has 0 radical (unpaired) electrons. The SMILES string of the molecule is CCCCCCC(C)C(=O)N(CCC)CCC. The van der Waals surface area contributed by atoms with E-state index in [-0.39, 0.29) is 5.92 Å². The van der Waals surface area contributed by atoms with Crippen molar-refractivity contribution < 1.29 is 4.79 Å².